The molecule has 0 aromatic carbocycles. The van der Waals surface area contributed by atoms with E-state index in [1.165, 1.54) is 17.8 Å². The first-order chi connectivity index (χ1) is 9.65. The monoisotopic (exact) mass is 289 g/mol. The van der Waals surface area contributed by atoms with Crippen molar-refractivity contribution in [2.24, 2.45) is 0 Å². The summed E-state index contributed by atoms with van der Waals surface area (Å²) in [4.78, 5) is 17.4. The summed E-state index contributed by atoms with van der Waals surface area (Å²) in [6, 6.07) is 4.02. The molecule has 0 amide bonds. The number of anilines is 2. The minimum Gasteiger partial charge on any atom is -0.478 e. The van der Waals surface area contributed by atoms with Crippen LogP contribution >= 0.6 is 11.3 Å². The van der Waals surface area contributed by atoms with Gasteiger partial charge >= 0.3 is 5.97 Å². The highest BCUT2D eigenvalue weighted by Crippen LogP contribution is 2.35. The van der Waals surface area contributed by atoms with Gasteiger partial charge in [0.25, 0.3) is 0 Å². The summed E-state index contributed by atoms with van der Waals surface area (Å²) in [6.45, 7) is 0.762. The Morgan fingerprint density at radius 1 is 1.55 bits per heavy atom. The Bertz CT molecular complexity index is 623. The molecule has 2 aromatic heterocycles. The fourth-order valence-corrected chi connectivity index (χ4v) is 2.83. The Morgan fingerprint density at radius 3 is 2.90 bits per heavy atom. The number of aromatic carboxylic acids is 1. The third-order valence-corrected chi connectivity index (χ3v) is 4.07. The largest absolute Gasteiger partial charge is 0.478 e. The molecule has 1 fully saturated rings. The van der Waals surface area contributed by atoms with E-state index in [9.17, 15) is 4.79 Å². The van der Waals surface area contributed by atoms with Crippen LogP contribution in [0.15, 0.2) is 29.1 Å². The minimum atomic E-state index is -1.01. The van der Waals surface area contributed by atoms with E-state index < -0.39 is 5.97 Å². The van der Waals surface area contributed by atoms with Crippen LogP contribution in [0.4, 0.5) is 11.5 Å². The molecule has 1 aliphatic rings. The van der Waals surface area contributed by atoms with E-state index in [1.54, 1.807) is 11.3 Å². The summed E-state index contributed by atoms with van der Waals surface area (Å²) in [6.07, 6.45) is 3.63. The molecule has 2 aromatic rings. The summed E-state index contributed by atoms with van der Waals surface area (Å²) in [5, 5.41) is 13.1. The molecule has 0 spiro atoms. The highest BCUT2D eigenvalue weighted by atomic mass is 32.1. The number of thiophene rings is 1. The van der Waals surface area contributed by atoms with Crippen molar-refractivity contribution in [1.29, 1.82) is 0 Å². The van der Waals surface area contributed by atoms with Gasteiger partial charge < -0.3 is 15.7 Å². The van der Waals surface area contributed by atoms with Crippen molar-refractivity contribution in [2.45, 2.75) is 25.4 Å². The SMILES string of the molecule is Nc1cc(C(=O)O)cnc1N(Cc1ccsc1)C1CC1. The number of nitrogens with zero attached hydrogens (tertiary/aromatic N) is 2. The molecule has 0 atom stereocenters. The molecule has 2 heterocycles. The molecular weight excluding hydrogens is 274 g/mol. The molecule has 3 rings (SSSR count). The van der Waals surface area contributed by atoms with Crippen LogP contribution in [0.1, 0.15) is 28.8 Å². The normalized spacial score (nSPS) is 14.2. The van der Waals surface area contributed by atoms with Crippen LogP contribution < -0.4 is 10.6 Å². The molecule has 1 aliphatic carbocycles. The molecule has 0 unspecified atom stereocenters. The number of aromatic nitrogens is 1. The number of carboxylic acid groups (broad SMARTS) is 1. The smallest absolute Gasteiger partial charge is 0.337 e. The van der Waals surface area contributed by atoms with Crippen molar-refractivity contribution in [3.63, 3.8) is 0 Å². The summed E-state index contributed by atoms with van der Waals surface area (Å²) < 4.78 is 0. The van der Waals surface area contributed by atoms with Crippen LogP contribution in [0.25, 0.3) is 0 Å². The lowest BCUT2D eigenvalue weighted by atomic mass is 10.2. The van der Waals surface area contributed by atoms with Gasteiger partial charge in [-0.15, -0.1) is 0 Å². The fraction of sp³-hybridized carbons (Fsp3) is 0.286. The number of nitrogens with two attached hydrogens (primary N) is 1. The van der Waals surface area contributed by atoms with Gasteiger partial charge in [0.05, 0.1) is 11.3 Å². The Hall–Kier alpha value is -2.08. The Kier molecular flexibility index (Phi) is 3.31. The predicted octanol–water partition coefficient (Wildman–Crippen LogP) is 2.59. The van der Waals surface area contributed by atoms with Gasteiger partial charge in [-0.3, -0.25) is 0 Å². The van der Waals surface area contributed by atoms with Crippen molar-refractivity contribution in [3.05, 3.63) is 40.2 Å². The van der Waals surface area contributed by atoms with Gasteiger partial charge in [0.1, 0.15) is 0 Å². The number of hydrogen-bond donors (Lipinski definition) is 2. The van der Waals surface area contributed by atoms with Gasteiger partial charge in [-0.1, -0.05) is 0 Å². The topological polar surface area (TPSA) is 79.5 Å². The lowest BCUT2D eigenvalue weighted by molar-refractivity contribution is 0.0696. The zero-order valence-corrected chi connectivity index (χ0v) is 11.6. The lowest BCUT2D eigenvalue weighted by Crippen LogP contribution is -2.27. The van der Waals surface area contributed by atoms with E-state index in [0.29, 0.717) is 17.5 Å². The second kappa shape index (κ2) is 5.13. The molecule has 1 saturated carbocycles. The minimum absolute atomic E-state index is 0.123. The number of nitrogen functional groups attached to an aromatic ring is 1. The van der Waals surface area contributed by atoms with Crippen LogP contribution in [0.2, 0.25) is 0 Å². The zero-order valence-electron chi connectivity index (χ0n) is 10.8. The van der Waals surface area contributed by atoms with Crippen molar-refractivity contribution in [3.8, 4) is 0 Å². The van der Waals surface area contributed by atoms with Crippen molar-refractivity contribution < 1.29 is 9.90 Å². The quantitative estimate of drug-likeness (QED) is 0.884. The van der Waals surface area contributed by atoms with Crippen LogP contribution in [-0.4, -0.2) is 22.1 Å². The molecule has 5 nitrogen and oxygen atoms in total. The van der Waals surface area contributed by atoms with Gasteiger partial charge in [-0.2, -0.15) is 11.3 Å². The van der Waals surface area contributed by atoms with Crippen molar-refractivity contribution in [1.82, 2.24) is 4.98 Å². The molecule has 0 saturated heterocycles. The first-order valence-electron chi connectivity index (χ1n) is 6.41. The van der Waals surface area contributed by atoms with E-state index in [4.69, 9.17) is 10.8 Å². The van der Waals surface area contributed by atoms with Crippen molar-refractivity contribution >= 4 is 28.8 Å². The molecule has 0 aliphatic heterocycles. The summed E-state index contributed by atoms with van der Waals surface area (Å²) in [5.41, 5.74) is 7.76. The third kappa shape index (κ3) is 2.60. The molecule has 20 heavy (non-hydrogen) atoms. The van der Waals surface area contributed by atoms with Crippen LogP contribution in [0.5, 0.6) is 0 Å². The van der Waals surface area contributed by atoms with Gasteiger partial charge in [0, 0.05) is 18.8 Å². The highest BCUT2D eigenvalue weighted by molar-refractivity contribution is 7.07. The molecule has 0 radical (unpaired) electrons. The molecule has 104 valence electrons. The average molecular weight is 289 g/mol. The Balaban J connectivity index is 1.89. The zero-order chi connectivity index (χ0) is 14.1. The Morgan fingerprint density at radius 2 is 2.35 bits per heavy atom. The molecule has 6 heteroatoms. The first-order valence-corrected chi connectivity index (χ1v) is 7.36. The number of hydrogen-bond acceptors (Lipinski definition) is 5. The first kappa shape index (κ1) is 12.9. The van der Waals surface area contributed by atoms with E-state index in [0.717, 1.165) is 19.4 Å². The maximum Gasteiger partial charge on any atom is 0.337 e. The summed E-state index contributed by atoms with van der Waals surface area (Å²) in [7, 11) is 0. The van der Waals surface area contributed by atoms with Crippen LogP contribution in [0.3, 0.4) is 0 Å². The fourth-order valence-electron chi connectivity index (χ4n) is 2.17. The van der Waals surface area contributed by atoms with Gasteiger partial charge in [-0.05, 0) is 41.3 Å². The van der Waals surface area contributed by atoms with Gasteiger partial charge in [0.15, 0.2) is 5.82 Å². The van der Waals surface area contributed by atoms with E-state index in [-0.39, 0.29) is 5.56 Å². The van der Waals surface area contributed by atoms with E-state index in [1.807, 2.05) is 5.38 Å². The Labute approximate surface area is 120 Å². The average Bonchev–Trinajstić information content (AvgIpc) is 3.14. The highest BCUT2D eigenvalue weighted by Gasteiger charge is 2.31. The number of rotatable bonds is 5. The second-order valence-electron chi connectivity index (χ2n) is 4.93. The molecule has 3 N–H and O–H groups in total. The third-order valence-electron chi connectivity index (χ3n) is 3.33. The maximum absolute atomic E-state index is 10.9. The standard InChI is InChI=1S/C14H15N3O2S/c15-12-5-10(14(18)19)6-16-13(12)17(11-1-2-11)7-9-3-4-20-8-9/h3-6,8,11H,1-2,7,15H2,(H,18,19). The van der Waals surface area contributed by atoms with Crippen LogP contribution in [0, 0.1) is 0 Å². The lowest BCUT2D eigenvalue weighted by Gasteiger charge is -2.24. The number of carbonyl (C=O) groups is 1. The maximum atomic E-state index is 10.9. The van der Waals surface area contributed by atoms with Gasteiger partial charge in [0.2, 0.25) is 0 Å². The predicted molar refractivity (Wildman–Crippen MR) is 79.1 cm³/mol. The van der Waals surface area contributed by atoms with E-state index in [2.05, 4.69) is 21.3 Å². The summed E-state index contributed by atoms with van der Waals surface area (Å²) in [5.74, 6) is -0.324. The van der Waals surface area contributed by atoms with Crippen molar-refractivity contribution in [2.75, 3.05) is 10.6 Å². The second-order valence-corrected chi connectivity index (χ2v) is 5.71. The van der Waals surface area contributed by atoms with Gasteiger partial charge in [-0.25, -0.2) is 9.78 Å². The van der Waals surface area contributed by atoms with E-state index >= 15 is 0 Å². The summed E-state index contributed by atoms with van der Waals surface area (Å²) >= 11 is 1.66. The molecular formula is C14H15N3O2S. The van der Waals surface area contributed by atoms with Crippen LogP contribution in [-0.2, 0) is 6.54 Å². The number of carboxylic acids is 1. The number of pyridine rings is 1. The molecule has 0 bridgehead atoms.